The van der Waals surface area contributed by atoms with Crippen molar-refractivity contribution in [1.82, 2.24) is 0 Å². The molecular formula is C60H118O2. The Bertz CT molecular complexity index is 833. The molecule has 1 atom stereocenters. The highest BCUT2D eigenvalue weighted by Gasteiger charge is 2.04. The van der Waals surface area contributed by atoms with Crippen molar-refractivity contribution in [1.29, 1.82) is 0 Å². The highest BCUT2D eigenvalue weighted by molar-refractivity contribution is 5.69. The van der Waals surface area contributed by atoms with Crippen molar-refractivity contribution in [2.24, 2.45) is 5.92 Å². The van der Waals surface area contributed by atoms with E-state index in [1.165, 1.54) is 315 Å². The second kappa shape index (κ2) is 56.3. The molecule has 370 valence electrons. The number of carbonyl (C=O) groups is 1. The van der Waals surface area contributed by atoms with Crippen molar-refractivity contribution in [2.45, 2.75) is 355 Å². The summed E-state index contributed by atoms with van der Waals surface area (Å²) in [6.45, 7) is 7.65. The van der Waals surface area contributed by atoms with Crippen LogP contribution in [0.15, 0.2) is 12.2 Å². The minimum Gasteiger partial charge on any atom is -0.466 e. The Morgan fingerprint density at radius 3 is 0.903 bits per heavy atom. The van der Waals surface area contributed by atoms with Gasteiger partial charge in [0, 0.05) is 6.42 Å². The van der Waals surface area contributed by atoms with E-state index in [4.69, 9.17) is 4.74 Å². The number of hydrogen-bond donors (Lipinski definition) is 0. The van der Waals surface area contributed by atoms with Gasteiger partial charge in [-0.15, -0.1) is 0 Å². The van der Waals surface area contributed by atoms with E-state index in [2.05, 4.69) is 32.9 Å². The van der Waals surface area contributed by atoms with E-state index in [1.807, 2.05) is 0 Å². The molecule has 0 aromatic heterocycles. The predicted octanol–water partition coefficient (Wildman–Crippen LogP) is 22.0. The van der Waals surface area contributed by atoms with Gasteiger partial charge in [-0.25, -0.2) is 0 Å². The van der Waals surface area contributed by atoms with E-state index in [0.717, 1.165) is 18.8 Å². The van der Waals surface area contributed by atoms with Gasteiger partial charge in [-0.05, 0) is 44.4 Å². The van der Waals surface area contributed by atoms with Gasteiger partial charge < -0.3 is 4.74 Å². The molecule has 0 heterocycles. The quantitative estimate of drug-likeness (QED) is 0.0346. The standard InChI is InChI=1S/C60H118O2/c1-4-6-7-8-9-10-11-12-13-32-36-39-42-45-48-51-54-57-60(61)62-58-55-52-49-46-43-40-37-34-31-29-27-25-23-21-19-17-15-14-16-18-20-22-24-26-28-30-33-35-38-41-44-47-50-53-56-59(3)5-2/h10-11,59H,4-9,12-58H2,1-3H3. The van der Waals surface area contributed by atoms with E-state index in [9.17, 15) is 4.79 Å². The molecule has 0 saturated carbocycles. The maximum absolute atomic E-state index is 12.1. The van der Waals surface area contributed by atoms with Crippen LogP contribution < -0.4 is 0 Å². The third kappa shape index (κ3) is 55.3. The third-order valence-corrected chi connectivity index (χ3v) is 14.2. The summed E-state index contributed by atoms with van der Waals surface area (Å²) < 4.78 is 5.50. The molecule has 0 fully saturated rings. The molecule has 0 aliphatic carbocycles. The molecule has 2 heteroatoms. The maximum Gasteiger partial charge on any atom is 0.305 e. The van der Waals surface area contributed by atoms with Crippen LogP contribution in [0.5, 0.6) is 0 Å². The third-order valence-electron chi connectivity index (χ3n) is 14.2. The molecule has 62 heavy (non-hydrogen) atoms. The van der Waals surface area contributed by atoms with Crippen LogP contribution in [-0.2, 0) is 9.53 Å². The molecule has 0 aliphatic heterocycles. The van der Waals surface area contributed by atoms with Crippen LogP contribution >= 0.6 is 0 Å². The minimum atomic E-state index is 0.0290. The summed E-state index contributed by atoms with van der Waals surface area (Å²) in [6, 6.07) is 0. The molecule has 0 rings (SSSR count). The summed E-state index contributed by atoms with van der Waals surface area (Å²) >= 11 is 0. The van der Waals surface area contributed by atoms with Gasteiger partial charge in [-0.2, -0.15) is 0 Å². The zero-order valence-corrected chi connectivity index (χ0v) is 43.5. The summed E-state index contributed by atoms with van der Waals surface area (Å²) in [5.41, 5.74) is 0. The number of hydrogen-bond acceptors (Lipinski definition) is 2. The summed E-state index contributed by atoms with van der Waals surface area (Å²) in [6.07, 6.45) is 76.8. The summed E-state index contributed by atoms with van der Waals surface area (Å²) in [7, 11) is 0. The van der Waals surface area contributed by atoms with Crippen LogP contribution in [0, 0.1) is 5.92 Å². The zero-order valence-electron chi connectivity index (χ0n) is 43.5. The van der Waals surface area contributed by atoms with Gasteiger partial charge in [0.25, 0.3) is 0 Å². The first kappa shape index (κ1) is 61.2. The first-order valence-electron chi connectivity index (χ1n) is 29.5. The highest BCUT2D eigenvalue weighted by atomic mass is 16.5. The van der Waals surface area contributed by atoms with Crippen LogP contribution in [0.4, 0.5) is 0 Å². The Balaban J connectivity index is 3.15. The molecule has 0 amide bonds. The normalized spacial score (nSPS) is 12.2. The average Bonchev–Trinajstić information content (AvgIpc) is 3.28. The van der Waals surface area contributed by atoms with E-state index < -0.39 is 0 Å². The van der Waals surface area contributed by atoms with Gasteiger partial charge in [-0.3, -0.25) is 4.79 Å². The minimum absolute atomic E-state index is 0.0290. The SMILES string of the molecule is CCCCCCC=CCCCCCCCCCCCC(=O)OCCCCCCCCCCCCCCCCCCCCCCCCCCCCCCCCCCCCC(C)CC. The molecule has 2 nitrogen and oxygen atoms in total. The number of rotatable bonds is 55. The number of carbonyl (C=O) groups excluding carboxylic acids is 1. The van der Waals surface area contributed by atoms with Crippen LogP contribution in [-0.4, -0.2) is 12.6 Å². The highest BCUT2D eigenvalue weighted by Crippen LogP contribution is 2.19. The first-order chi connectivity index (χ1) is 30.7. The number of esters is 1. The van der Waals surface area contributed by atoms with Gasteiger partial charge >= 0.3 is 5.97 Å². The van der Waals surface area contributed by atoms with Crippen molar-refractivity contribution in [3.8, 4) is 0 Å². The summed E-state index contributed by atoms with van der Waals surface area (Å²) in [4.78, 5) is 12.1. The van der Waals surface area contributed by atoms with Gasteiger partial charge in [0.2, 0.25) is 0 Å². The summed E-state index contributed by atoms with van der Waals surface area (Å²) in [5, 5.41) is 0. The van der Waals surface area contributed by atoms with E-state index >= 15 is 0 Å². The second-order valence-corrected chi connectivity index (χ2v) is 20.6. The Hall–Kier alpha value is -0.790. The number of ether oxygens (including phenoxy) is 1. The van der Waals surface area contributed by atoms with Crippen molar-refractivity contribution in [2.75, 3.05) is 6.61 Å². The smallest absolute Gasteiger partial charge is 0.305 e. The lowest BCUT2D eigenvalue weighted by Crippen LogP contribution is -2.05. The van der Waals surface area contributed by atoms with Crippen LogP contribution in [0.3, 0.4) is 0 Å². The number of allylic oxidation sites excluding steroid dienone is 2. The van der Waals surface area contributed by atoms with E-state index in [0.29, 0.717) is 13.0 Å². The van der Waals surface area contributed by atoms with Crippen molar-refractivity contribution < 1.29 is 9.53 Å². The lowest BCUT2D eigenvalue weighted by molar-refractivity contribution is -0.143. The Morgan fingerprint density at radius 2 is 0.597 bits per heavy atom. The molecule has 0 saturated heterocycles. The summed E-state index contributed by atoms with van der Waals surface area (Å²) in [5.74, 6) is 0.970. The van der Waals surface area contributed by atoms with Crippen molar-refractivity contribution in [3.63, 3.8) is 0 Å². The average molecular weight is 872 g/mol. The van der Waals surface area contributed by atoms with E-state index in [1.54, 1.807) is 0 Å². The number of unbranched alkanes of at least 4 members (excludes halogenated alkanes) is 46. The molecule has 0 aliphatic rings. The molecule has 0 N–H and O–H groups in total. The van der Waals surface area contributed by atoms with Gasteiger partial charge in [-0.1, -0.05) is 322 Å². The molecule has 0 aromatic carbocycles. The topological polar surface area (TPSA) is 26.3 Å². The first-order valence-corrected chi connectivity index (χ1v) is 29.5. The molecule has 0 bridgehead atoms. The van der Waals surface area contributed by atoms with Crippen LogP contribution in [0.25, 0.3) is 0 Å². The Kier molecular flexibility index (Phi) is 55.6. The fraction of sp³-hybridized carbons (Fsp3) is 0.950. The van der Waals surface area contributed by atoms with Crippen molar-refractivity contribution in [3.05, 3.63) is 12.2 Å². The zero-order chi connectivity index (χ0) is 44.8. The van der Waals surface area contributed by atoms with Crippen molar-refractivity contribution >= 4 is 5.97 Å². The molecule has 1 unspecified atom stereocenters. The monoisotopic (exact) mass is 871 g/mol. The molecular weight excluding hydrogens is 753 g/mol. The molecule has 0 aromatic rings. The Morgan fingerprint density at radius 1 is 0.339 bits per heavy atom. The lowest BCUT2D eigenvalue weighted by atomic mass is 9.99. The maximum atomic E-state index is 12.1. The predicted molar refractivity (Wildman–Crippen MR) is 281 cm³/mol. The largest absolute Gasteiger partial charge is 0.466 e. The molecule has 0 radical (unpaired) electrons. The fourth-order valence-corrected chi connectivity index (χ4v) is 9.41. The lowest BCUT2D eigenvalue weighted by Gasteiger charge is -2.07. The van der Waals surface area contributed by atoms with Gasteiger partial charge in [0.05, 0.1) is 6.61 Å². The van der Waals surface area contributed by atoms with Gasteiger partial charge in [0.15, 0.2) is 0 Å². The Labute approximate surface area is 393 Å². The van der Waals surface area contributed by atoms with Crippen LogP contribution in [0.1, 0.15) is 355 Å². The molecule has 0 spiro atoms. The van der Waals surface area contributed by atoms with Gasteiger partial charge in [0.1, 0.15) is 0 Å². The van der Waals surface area contributed by atoms with Crippen LogP contribution in [0.2, 0.25) is 0 Å². The second-order valence-electron chi connectivity index (χ2n) is 20.6. The fourth-order valence-electron chi connectivity index (χ4n) is 9.41. The van der Waals surface area contributed by atoms with E-state index in [-0.39, 0.29) is 5.97 Å².